The van der Waals surface area contributed by atoms with Crippen LogP contribution in [0.2, 0.25) is 0 Å². The monoisotopic (exact) mass is 221 g/mol. The van der Waals surface area contributed by atoms with Crippen LogP contribution in [0.25, 0.3) is 0 Å². The first-order chi connectivity index (χ1) is 7.65. The van der Waals surface area contributed by atoms with Crippen molar-refractivity contribution in [2.75, 3.05) is 0 Å². The molecule has 1 heterocycles. The smallest absolute Gasteiger partial charge is 0.307 e. The number of benzene rings is 1. The zero-order chi connectivity index (χ0) is 11.5. The highest BCUT2D eigenvalue weighted by Crippen LogP contribution is 2.20. The molecule has 0 aliphatic carbocycles. The van der Waals surface area contributed by atoms with E-state index in [-0.39, 0.29) is 18.3 Å². The van der Waals surface area contributed by atoms with Crippen LogP contribution in [0.5, 0.6) is 5.75 Å². The fourth-order valence-electron chi connectivity index (χ4n) is 1.56. The molecule has 0 amide bonds. The molecule has 1 aromatic carbocycles. The molecule has 2 N–H and O–H groups in total. The first kappa shape index (κ1) is 10.5. The minimum atomic E-state index is -0.896. The number of phenolic OH excluding ortho intramolecular Hbond substituents is 1. The second-order valence-electron chi connectivity index (χ2n) is 3.61. The van der Waals surface area contributed by atoms with Crippen molar-refractivity contribution < 1.29 is 19.8 Å². The second kappa shape index (κ2) is 4.22. The number of hydrogen-bond acceptors (Lipinski definition) is 4. The third kappa shape index (κ3) is 2.31. The average Bonchev–Trinajstić information content (AvgIpc) is 2.66. The van der Waals surface area contributed by atoms with Crippen molar-refractivity contribution >= 4 is 11.7 Å². The second-order valence-corrected chi connectivity index (χ2v) is 3.61. The van der Waals surface area contributed by atoms with Gasteiger partial charge >= 0.3 is 5.97 Å². The first-order valence-corrected chi connectivity index (χ1v) is 4.89. The van der Waals surface area contributed by atoms with Crippen LogP contribution in [0.1, 0.15) is 18.4 Å². The van der Waals surface area contributed by atoms with E-state index < -0.39 is 5.97 Å². The molecule has 84 valence electrons. The van der Waals surface area contributed by atoms with Gasteiger partial charge in [0, 0.05) is 6.42 Å². The molecular weight excluding hydrogens is 210 g/mol. The van der Waals surface area contributed by atoms with E-state index in [9.17, 15) is 4.79 Å². The molecule has 0 aromatic heterocycles. The maximum absolute atomic E-state index is 10.5. The van der Waals surface area contributed by atoms with Gasteiger partial charge in [-0.1, -0.05) is 5.16 Å². The number of oxime groups is 1. The van der Waals surface area contributed by atoms with E-state index >= 15 is 0 Å². The Morgan fingerprint density at radius 1 is 1.44 bits per heavy atom. The molecule has 0 fully saturated rings. The molecule has 1 aromatic rings. The summed E-state index contributed by atoms with van der Waals surface area (Å²) < 4.78 is 0. The molecule has 0 saturated carbocycles. The molecule has 0 bridgehead atoms. The predicted octanol–water partition coefficient (Wildman–Crippen LogP) is 1.36. The normalized spacial score (nSPS) is 19.0. The molecule has 1 aliphatic rings. The highest BCUT2D eigenvalue weighted by molar-refractivity contribution is 6.01. The summed E-state index contributed by atoms with van der Waals surface area (Å²) in [5, 5.41) is 21.6. The number of aliphatic carboxylic acids is 1. The lowest BCUT2D eigenvalue weighted by Gasteiger charge is -2.03. The van der Waals surface area contributed by atoms with E-state index in [2.05, 4.69) is 5.16 Å². The number of carboxylic acid groups (broad SMARTS) is 1. The fourth-order valence-corrected chi connectivity index (χ4v) is 1.56. The minimum Gasteiger partial charge on any atom is -0.508 e. The van der Waals surface area contributed by atoms with Gasteiger partial charge in [0.1, 0.15) is 11.9 Å². The van der Waals surface area contributed by atoms with Gasteiger partial charge in [-0.05, 0) is 29.8 Å². The lowest BCUT2D eigenvalue weighted by atomic mass is 10.0. The number of aromatic hydroxyl groups is 1. The average molecular weight is 221 g/mol. The van der Waals surface area contributed by atoms with Crippen LogP contribution in [0.4, 0.5) is 0 Å². The molecule has 5 heteroatoms. The Morgan fingerprint density at radius 2 is 2.12 bits per heavy atom. The molecule has 0 saturated heterocycles. The lowest BCUT2D eigenvalue weighted by molar-refractivity contribution is -0.139. The van der Waals surface area contributed by atoms with E-state index in [1.807, 2.05) is 0 Å². The Kier molecular flexibility index (Phi) is 2.76. The van der Waals surface area contributed by atoms with Gasteiger partial charge in [-0.15, -0.1) is 0 Å². The standard InChI is InChI=1S/C11H11NO4/c13-8-3-1-7(2-4-8)10-5-9(16-12-10)6-11(14)15/h1-4,9,13H,5-6H2,(H,14,15)/t9-/m1/s1. The molecule has 5 nitrogen and oxygen atoms in total. The Bertz CT molecular complexity index is 424. The summed E-state index contributed by atoms with van der Waals surface area (Å²) >= 11 is 0. The lowest BCUT2D eigenvalue weighted by Crippen LogP contribution is -2.13. The van der Waals surface area contributed by atoms with Crippen molar-refractivity contribution in [1.29, 1.82) is 0 Å². The summed E-state index contributed by atoms with van der Waals surface area (Å²) in [6, 6.07) is 6.56. The van der Waals surface area contributed by atoms with Crippen molar-refractivity contribution in [2.24, 2.45) is 5.16 Å². The number of phenols is 1. The minimum absolute atomic E-state index is 0.0505. The molecule has 1 aliphatic heterocycles. The summed E-state index contributed by atoms with van der Waals surface area (Å²) in [5.41, 5.74) is 1.55. The van der Waals surface area contributed by atoms with Crippen LogP contribution in [-0.2, 0) is 9.63 Å². The SMILES string of the molecule is O=C(O)C[C@H]1CC(c2ccc(O)cc2)=NO1. The van der Waals surface area contributed by atoms with E-state index in [1.54, 1.807) is 24.3 Å². The van der Waals surface area contributed by atoms with Gasteiger partial charge in [-0.25, -0.2) is 0 Å². The highest BCUT2D eigenvalue weighted by atomic mass is 16.6. The fraction of sp³-hybridized carbons (Fsp3) is 0.273. The van der Waals surface area contributed by atoms with E-state index in [4.69, 9.17) is 15.1 Å². The molecule has 0 radical (unpaired) electrons. The van der Waals surface area contributed by atoms with Crippen LogP contribution in [0.15, 0.2) is 29.4 Å². The number of hydrogen-bond donors (Lipinski definition) is 2. The van der Waals surface area contributed by atoms with Crippen molar-refractivity contribution in [3.8, 4) is 5.75 Å². The topological polar surface area (TPSA) is 79.1 Å². The van der Waals surface area contributed by atoms with Gasteiger partial charge < -0.3 is 15.1 Å². The summed E-state index contributed by atoms with van der Waals surface area (Å²) in [6.07, 6.45) is 0.0450. The van der Waals surface area contributed by atoms with Gasteiger partial charge in [0.25, 0.3) is 0 Å². The van der Waals surface area contributed by atoms with Crippen molar-refractivity contribution in [2.45, 2.75) is 18.9 Å². The van der Waals surface area contributed by atoms with Crippen molar-refractivity contribution in [3.05, 3.63) is 29.8 Å². The summed E-state index contributed by atoms with van der Waals surface area (Å²) in [7, 11) is 0. The van der Waals surface area contributed by atoms with Gasteiger partial charge in [0.05, 0.1) is 12.1 Å². The van der Waals surface area contributed by atoms with E-state index in [0.29, 0.717) is 12.1 Å². The van der Waals surface area contributed by atoms with E-state index in [0.717, 1.165) is 5.56 Å². The Morgan fingerprint density at radius 3 is 2.75 bits per heavy atom. The summed E-state index contributed by atoms with van der Waals surface area (Å²) in [6.45, 7) is 0. The van der Waals surface area contributed by atoms with Crippen LogP contribution >= 0.6 is 0 Å². The molecule has 16 heavy (non-hydrogen) atoms. The van der Waals surface area contributed by atoms with Gasteiger partial charge in [0.15, 0.2) is 0 Å². The number of nitrogens with zero attached hydrogens (tertiary/aromatic N) is 1. The zero-order valence-electron chi connectivity index (χ0n) is 8.46. The zero-order valence-corrected chi connectivity index (χ0v) is 8.46. The van der Waals surface area contributed by atoms with Gasteiger partial charge in [-0.2, -0.15) is 0 Å². The highest BCUT2D eigenvalue weighted by Gasteiger charge is 2.24. The molecular formula is C11H11NO4. The third-order valence-corrected chi connectivity index (χ3v) is 2.34. The quantitative estimate of drug-likeness (QED) is 0.807. The molecule has 2 rings (SSSR count). The summed E-state index contributed by atoms with van der Waals surface area (Å²) in [4.78, 5) is 15.5. The summed E-state index contributed by atoms with van der Waals surface area (Å²) in [5.74, 6) is -0.711. The molecule has 1 atom stereocenters. The van der Waals surface area contributed by atoms with E-state index in [1.165, 1.54) is 0 Å². The molecule has 0 unspecified atom stereocenters. The largest absolute Gasteiger partial charge is 0.508 e. The van der Waals surface area contributed by atoms with Crippen LogP contribution < -0.4 is 0 Å². The maximum atomic E-state index is 10.5. The van der Waals surface area contributed by atoms with Crippen molar-refractivity contribution in [3.63, 3.8) is 0 Å². The maximum Gasteiger partial charge on any atom is 0.307 e. The van der Waals surface area contributed by atoms with Crippen LogP contribution in [0, 0.1) is 0 Å². The Labute approximate surface area is 92.0 Å². The van der Waals surface area contributed by atoms with Crippen LogP contribution in [-0.4, -0.2) is 28.0 Å². The number of rotatable bonds is 3. The van der Waals surface area contributed by atoms with Crippen molar-refractivity contribution in [1.82, 2.24) is 0 Å². The van der Waals surface area contributed by atoms with Gasteiger partial charge in [-0.3, -0.25) is 4.79 Å². The number of carboxylic acids is 1. The number of carbonyl (C=O) groups is 1. The van der Waals surface area contributed by atoms with Crippen LogP contribution in [0.3, 0.4) is 0 Å². The predicted molar refractivity (Wildman–Crippen MR) is 56.4 cm³/mol. The first-order valence-electron chi connectivity index (χ1n) is 4.89. The Hall–Kier alpha value is -2.04. The molecule has 0 spiro atoms. The van der Waals surface area contributed by atoms with Gasteiger partial charge in [0.2, 0.25) is 0 Å². The third-order valence-electron chi connectivity index (χ3n) is 2.34. The Balaban J connectivity index is 2.03.